The second-order valence-electron chi connectivity index (χ2n) is 11.2. The molecule has 4 aliphatic rings. The lowest BCUT2D eigenvalue weighted by molar-refractivity contribution is 0.291. The normalized spacial score (nSPS) is 26.1. The van der Waals surface area contributed by atoms with E-state index in [-0.39, 0.29) is 5.41 Å². The Morgan fingerprint density at radius 3 is 1.39 bits per heavy atom. The third-order valence-electron chi connectivity index (χ3n) is 9.10. The molecular formula is C31H36. The highest BCUT2D eigenvalue weighted by Gasteiger charge is 2.45. The maximum absolute atomic E-state index is 2.70. The van der Waals surface area contributed by atoms with Crippen molar-refractivity contribution in [2.45, 2.75) is 77.0 Å². The molecule has 4 aliphatic carbocycles. The molecule has 2 atom stereocenters. The van der Waals surface area contributed by atoms with Crippen LogP contribution >= 0.6 is 0 Å². The van der Waals surface area contributed by atoms with Crippen LogP contribution in [-0.4, -0.2) is 0 Å². The number of hydrogen-bond donors (Lipinski definition) is 0. The van der Waals surface area contributed by atoms with Crippen LogP contribution in [0, 0.1) is 17.3 Å². The van der Waals surface area contributed by atoms with E-state index in [1.807, 2.05) is 0 Å². The molecule has 0 heteroatoms. The summed E-state index contributed by atoms with van der Waals surface area (Å²) in [4.78, 5) is 0. The van der Waals surface area contributed by atoms with Gasteiger partial charge in [0.2, 0.25) is 0 Å². The maximum Gasteiger partial charge on any atom is 0.00902 e. The largest absolute Gasteiger partial charge is 0.0723 e. The first kappa shape index (κ1) is 19.6. The topological polar surface area (TPSA) is 0 Å². The van der Waals surface area contributed by atoms with E-state index in [9.17, 15) is 0 Å². The molecule has 31 heavy (non-hydrogen) atoms. The van der Waals surface area contributed by atoms with Crippen LogP contribution in [0.15, 0.2) is 60.7 Å². The van der Waals surface area contributed by atoms with Crippen LogP contribution in [0.25, 0.3) is 11.1 Å². The summed E-state index contributed by atoms with van der Waals surface area (Å²) in [5.41, 5.74) is 9.75. The molecule has 0 spiro atoms. The standard InChI is InChI=1S/C31H36/c1-31(2,29-19-27(21-11-3-4-12-21)23-15-7-9-17-25(23)29)30-20-28(22-13-5-6-14-22)24-16-8-10-18-26(24)30/h7-10,15-22,29-30H,3-6,11-14H2,1-2H3. The van der Waals surface area contributed by atoms with Gasteiger partial charge in [0.15, 0.2) is 0 Å². The van der Waals surface area contributed by atoms with Gasteiger partial charge in [-0.05, 0) is 76.3 Å². The zero-order valence-electron chi connectivity index (χ0n) is 19.2. The SMILES string of the molecule is CC(C)(C1C=C(C2CCCC2)c2ccccc21)C1C=C(C2CCCC2)c2ccccc21. The molecular weight excluding hydrogens is 372 g/mol. The molecule has 2 aromatic carbocycles. The molecule has 2 saturated carbocycles. The lowest BCUT2D eigenvalue weighted by atomic mass is 9.66. The number of fused-ring (bicyclic) bond motifs is 2. The predicted octanol–water partition coefficient (Wildman–Crippen LogP) is 8.75. The van der Waals surface area contributed by atoms with Gasteiger partial charge in [-0.2, -0.15) is 0 Å². The van der Waals surface area contributed by atoms with Gasteiger partial charge in [0, 0.05) is 11.8 Å². The Bertz CT molecular complexity index is 954. The van der Waals surface area contributed by atoms with Crippen molar-refractivity contribution >= 4 is 11.1 Å². The zero-order chi connectivity index (χ0) is 21.0. The van der Waals surface area contributed by atoms with Gasteiger partial charge in [-0.1, -0.05) is 100 Å². The zero-order valence-corrected chi connectivity index (χ0v) is 19.2. The highest BCUT2D eigenvalue weighted by atomic mass is 14.5. The second kappa shape index (κ2) is 7.51. The number of allylic oxidation sites excluding steroid dienone is 4. The van der Waals surface area contributed by atoms with Gasteiger partial charge in [0.05, 0.1) is 0 Å². The Kier molecular flexibility index (Phi) is 4.74. The average Bonchev–Trinajstić information content (AvgIpc) is 3.58. The van der Waals surface area contributed by atoms with Gasteiger partial charge in [0.25, 0.3) is 0 Å². The number of benzene rings is 2. The smallest absolute Gasteiger partial charge is 0.00902 e. The van der Waals surface area contributed by atoms with Crippen LogP contribution in [0.5, 0.6) is 0 Å². The fourth-order valence-electron chi connectivity index (χ4n) is 7.39. The molecule has 0 aromatic heterocycles. The van der Waals surface area contributed by atoms with Crippen molar-refractivity contribution in [2.75, 3.05) is 0 Å². The van der Waals surface area contributed by atoms with E-state index >= 15 is 0 Å². The van der Waals surface area contributed by atoms with Gasteiger partial charge in [-0.25, -0.2) is 0 Å². The van der Waals surface area contributed by atoms with E-state index < -0.39 is 0 Å². The fourth-order valence-corrected chi connectivity index (χ4v) is 7.39. The van der Waals surface area contributed by atoms with Crippen LogP contribution in [0.3, 0.4) is 0 Å². The van der Waals surface area contributed by atoms with Gasteiger partial charge in [-0.3, -0.25) is 0 Å². The third kappa shape index (κ3) is 3.09. The molecule has 0 saturated heterocycles. The molecule has 0 N–H and O–H groups in total. The molecule has 0 amide bonds. The molecule has 2 unspecified atom stereocenters. The van der Waals surface area contributed by atoms with Crippen molar-refractivity contribution in [1.29, 1.82) is 0 Å². The highest BCUT2D eigenvalue weighted by molar-refractivity contribution is 5.79. The van der Waals surface area contributed by atoms with E-state index in [0.29, 0.717) is 11.8 Å². The minimum Gasteiger partial charge on any atom is -0.0723 e. The fraction of sp³-hybridized carbons (Fsp3) is 0.484. The van der Waals surface area contributed by atoms with Crippen molar-refractivity contribution in [3.05, 3.63) is 82.9 Å². The quantitative estimate of drug-likeness (QED) is 0.474. The van der Waals surface area contributed by atoms with Crippen molar-refractivity contribution < 1.29 is 0 Å². The lowest BCUT2D eigenvalue weighted by Gasteiger charge is -2.37. The molecule has 0 nitrogen and oxygen atoms in total. The van der Waals surface area contributed by atoms with Gasteiger partial charge >= 0.3 is 0 Å². The summed E-state index contributed by atoms with van der Waals surface area (Å²) >= 11 is 0. The lowest BCUT2D eigenvalue weighted by Crippen LogP contribution is -2.26. The molecule has 0 radical (unpaired) electrons. The first-order valence-corrected chi connectivity index (χ1v) is 12.8. The highest BCUT2D eigenvalue weighted by Crippen LogP contribution is 2.59. The number of hydrogen-bond acceptors (Lipinski definition) is 0. The van der Waals surface area contributed by atoms with Crippen molar-refractivity contribution in [3.63, 3.8) is 0 Å². The minimum absolute atomic E-state index is 0.160. The van der Waals surface area contributed by atoms with E-state index in [1.54, 1.807) is 33.4 Å². The summed E-state index contributed by atoms with van der Waals surface area (Å²) in [6, 6.07) is 18.7. The second-order valence-corrected chi connectivity index (χ2v) is 11.2. The summed E-state index contributed by atoms with van der Waals surface area (Å²) in [7, 11) is 0. The Morgan fingerprint density at radius 1 is 0.581 bits per heavy atom. The average molecular weight is 409 g/mol. The first-order valence-electron chi connectivity index (χ1n) is 12.8. The summed E-state index contributed by atoms with van der Waals surface area (Å²) in [6.07, 6.45) is 16.5. The van der Waals surface area contributed by atoms with Crippen LogP contribution in [-0.2, 0) is 0 Å². The van der Waals surface area contributed by atoms with Crippen LogP contribution < -0.4 is 0 Å². The molecule has 0 heterocycles. The molecule has 0 bridgehead atoms. The maximum atomic E-state index is 2.70. The Balaban J connectivity index is 1.43. The third-order valence-corrected chi connectivity index (χ3v) is 9.10. The van der Waals surface area contributed by atoms with Crippen molar-refractivity contribution in [1.82, 2.24) is 0 Å². The molecule has 160 valence electrons. The summed E-state index contributed by atoms with van der Waals surface area (Å²) in [5, 5.41) is 0. The van der Waals surface area contributed by atoms with Crippen molar-refractivity contribution in [3.8, 4) is 0 Å². The van der Waals surface area contributed by atoms with Crippen LogP contribution in [0.2, 0.25) is 0 Å². The minimum atomic E-state index is 0.160. The van der Waals surface area contributed by atoms with E-state index in [4.69, 9.17) is 0 Å². The van der Waals surface area contributed by atoms with Gasteiger partial charge in [-0.15, -0.1) is 0 Å². The first-order chi connectivity index (χ1) is 15.1. The molecule has 0 aliphatic heterocycles. The number of rotatable bonds is 4. The Hall–Kier alpha value is -2.08. The summed E-state index contributed by atoms with van der Waals surface area (Å²) in [6.45, 7) is 5.08. The summed E-state index contributed by atoms with van der Waals surface area (Å²) in [5.74, 6) is 2.55. The Morgan fingerprint density at radius 2 is 0.968 bits per heavy atom. The van der Waals surface area contributed by atoms with E-state index in [1.165, 1.54) is 51.4 Å². The Labute approximate surface area is 188 Å². The molecule has 6 rings (SSSR count). The molecule has 2 fully saturated rings. The van der Waals surface area contributed by atoms with Crippen molar-refractivity contribution in [2.24, 2.45) is 17.3 Å². The van der Waals surface area contributed by atoms with Gasteiger partial charge < -0.3 is 0 Å². The summed E-state index contributed by atoms with van der Waals surface area (Å²) < 4.78 is 0. The van der Waals surface area contributed by atoms with Gasteiger partial charge in [0.1, 0.15) is 0 Å². The van der Waals surface area contributed by atoms with Crippen LogP contribution in [0.4, 0.5) is 0 Å². The predicted molar refractivity (Wildman–Crippen MR) is 132 cm³/mol. The van der Waals surface area contributed by atoms with E-state index in [2.05, 4.69) is 74.5 Å². The van der Waals surface area contributed by atoms with Crippen LogP contribution in [0.1, 0.15) is 99.3 Å². The van der Waals surface area contributed by atoms with E-state index in [0.717, 1.165) is 11.8 Å². The molecule has 2 aromatic rings. The monoisotopic (exact) mass is 408 g/mol.